The van der Waals surface area contributed by atoms with Gasteiger partial charge in [0.25, 0.3) is 5.91 Å². The topological polar surface area (TPSA) is 42.0 Å². The number of pyridine rings is 1. The molecule has 0 spiro atoms. The van der Waals surface area contributed by atoms with Crippen LogP contribution >= 0.6 is 27.3 Å². The molecule has 0 fully saturated rings. The van der Waals surface area contributed by atoms with Gasteiger partial charge in [-0.2, -0.15) is 0 Å². The molecule has 1 amide bonds. The zero-order chi connectivity index (χ0) is 10.7. The van der Waals surface area contributed by atoms with E-state index >= 15 is 0 Å². The molecule has 2 rings (SSSR count). The van der Waals surface area contributed by atoms with Crippen molar-refractivity contribution in [3.05, 3.63) is 45.3 Å². The van der Waals surface area contributed by atoms with Crippen LogP contribution in [0.4, 0.5) is 5.69 Å². The molecular weight excluding hydrogens is 276 g/mol. The molecule has 0 saturated heterocycles. The number of carbonyl (C=O) groups is 1. The van der Waals surface area contributed by atoms with Gasteiger partial charge in [0.05, 0.1) is 21.2 Å². The van der Waals surface area contributed by atoms with Gasteiger partial charge in [0.2, 0.25) is 0 Å². The van der Waals surface area contributed by atoms with Gasteiger partial charge in [-0.3, -0.25) is 9.78 Å². The molecule has 0 unspecified atom stereocenters. The minimum atomic E-state index is -0.120. The molecule has 3 nitrogen and oxygen atoms in total. The standard InChI is InChI=1S/C10H7BrN2OS/c11-9-4-7(6-15-9)10(14)13-8-2-1-3-12-5-8/h1-6H,(H,13,14). The Hall–Kier alpha value is -1.20. The van der Waals surface area contributed by atoms with Gasteiger partial charge >= 0.3 is 0 Å². The van der Waals surface area contributed by atoms with Gasteiger partial charge in [-0.25, -0.2) is 0 Å². The number of anilines is 1. The second-order valence-electron chi connectivity index (χ2n) is 2.84. The quantitative estimate of drug-likeness (QED) is 0.919. The maximum atomic E-state index is 11.7. The number of halogens is 1. The summed E-state index contributed by atoms with van der Waals surface area (Å²) in [4.78, 5) is 15.6. The van der Waals surface area contributed by atoms with Crippen LogP contribution in [-0.4, -0.2) is 10.9 Å². The summed E-state index contributed by atoms with van der Waals surface area (Å²) in [7, 11) is 0. The highest BCUT2D eigenvalue weighted by molar-refractivity contribution is 9.11. The third-order valence-electron chi connectivity index (χ3n) is 1.75. The van der Waals surface area contributed by atoms with Gasteiger partial charge in [0.1, 0.15) is 0 Å². The Morgan fingerprint density at radius 2 is 2.40 bits per heavy atom. The normalized spacial score (nSPS) is 9.93. The van der Waals surface area contributed by atoms with E-state index in [0.29, 0.717) is 11.3 Å². The zero-order valence-electron chi connectivity index (χ0n) is 7.61. The Labute approximate surface area is 99.3 Å². The Bertz CT molecular complexity index is 469. The molecule has 2 heterocycles. The number of aromatic nitrogens is 1. The third-order valence-corrected chi connectivity index (χ3v) is 3.25. The highest BCUT2D eigenvalue weighted by atomic mass is 79.9. The van der Waals surface area contributed by atoms with Crippen LogP contribution in [0.1, 0.15) is 10.4 Å². The Kier molecular flexibility index (Phi) is 3.13. The predicted molar refractivity (Wildman–Crippen MR) is 64.2 cm³/mol. The largest absolute Gasteiger partial charge is 0.321 e. The molecule has 0 aliphatic heterocycles. The smallest absolute Gasteiger partial charge is 0.256 e. The fourth-order valence-corrected chi connectivity index (χ4v) is 2.21. The molecule has 0 saturated carbocycles. The van der Waals surface area contributed by atoms with Crippen molar-refractivity contribution in [2.24, 2.45) is 0 Å². The number of rotatable bonds is 2. The first-order valence-corrected chi connectivity index (χ1v) is 5.88. The number of nitrogens with one attached hydrogen (secondary N) is 1. The molecule has 0 atom stereocenters. The highest BCUT2D eigenvalue weighted by Gasteiger charge is 2.07. The van der Waals surface area contributed by atoms with Crippen molar-refractivity contribution in [1.29, 1.82) is 0 Å². The summed E-state index contributed by atoms with van der Waals surface area (Å²) in [5, 5.41) is 4.56. The van der Waals surface area contributed by atoms with E-state index in [1.165, 1.54) is 11.3 Å². The molecule has 15 heavy (non-hydrogen) atoms. The van der Waals surface area contributed by atoms with E-state index in [4.69, 9.17) is 0 Å². The molecule has 0 aliphatic carbocycles. The van der Waals surface area contributed by atoms with Gasteiger partial charge < -0.3 is 5.32 Å². The molecule has 2 aromatic rings. The number of amides is 1. The van der Waals surface area contributed by atoms with Gasteiger partial charge in [-0.15, -0.1) is 11.3 Å². The SMILES string of the molecule is O=C(Nc1cccnc1)c1csc(Br)c1. The van der Waals surface area contributed by atoms with E-state index in [2.05, 4.69) is 26.2 Å². The Morgan fingerprint density at radius 1 is 1.53 bits per heavy atom. The van der Waals surface area contributed by atoms with Crippen molar-refractivity contribution < 1.29 is 4.79 Å². The van der Waals surface area contributed by atoms with E-state index in [1.54, 1.807) is 36.0 Å². The number of thiophene rings is 1. The first-order chi connectivity index (χ1) is 7.25. The van der Waals surface area contributed by atoms with E-state index in [1.807, 2.05) is 0 Å². The van der Waals surface area contributed by atoms with Gasteiger partial charge in [0, 0.05) is 11.6 Å². The number of carbonyl (C=O) groups excluding carboxylic acids is 1. The lowest BCUT2D eigenvalue weighted by molar-refractivity contribution is 0.102. The van der Waals surface area contributed by atoms with Gasteiger partial charge in [-0.05, 0) is 34.1 Å². The number of hydrogen-bond donors (Lipinski definition) is 1. The third kappa shape index (κ3) is 2.64. The molecule has 2 aromatic heterocycles. The maximum absolute atomic E-state index is 11.7. The molecular formula is C10H7BrN2OS. The van der Waals surface area contributed by atoms with Crippen LogP contribution in [0, 0.1) is 0 Å². The summed E-state index contributed by atoms with van der Waals surface area (Å²) in [6.07, 6.45) is 3.27. The fourth-order valence-electron chi connectivity index (χ4n) is 1.07. The molecule has 0 bridgehead atoms. The monoisotopic (exact) mass is 282 g/mol. The van der Waals surface area contributed by atoms with Gasteiger partial charge in [0.15, 0.2) is 0 Å². The van der Waals surface area contributed by atoms with Crippen molar-refractivity contribution in [1.82, 2.24) is 4.98 Å². The molecule has 0 aromatic carbocycles. The maximum Gasteiger partial charge on any atom is 0.256 e. The number of hydrogen-bond acceptors (Lipinski definition) is 3. The van der Waals surface area contributed by atoms with Crippen molar-refractivity contribution >= 4 is 38.9 Å². The number of nitrogens with zero attached hydrogens (tertiary/aromatic N) is 1. The fraction of sp³-hybridized carbons (Fsp3) is 0. The summed E-state index contributed by atoms with van der Waals surface area (Å²) >= 11 is 4.80. The first kappa shape index (κ1) is 10.3. The van der Waals surface area contributed by atoms with Crippen molar-refractivity contribution in [2.45, 2.75) is 0 Å². The minimum Gasteiger partial charge on any atom is -0.321 e. The van der Waals surface area contributed by atoms with Gasteiger partial charge in [-0.1, -0.05) is 0 Å². The average Bonchev–Trinajstić information content (AvgIpc) is 2.66. The lowest BCUT2D eigenvalue weighted by Crippen LogP contribution is -2.10. The van der Waals surface area contributed by atoms with E-state index in [9.17, 15) is 4.79 Å². The van der Waals surface area contributed by atoms with Crippen LogP contribution in [0.15, 0.2) is 39.8 Å². The highest BCUT2D eigenvalue weighted by Crippen LogP contribution is 2.21. The van der Waals surface area contributed by atoms with E-state index in [-0.39, 0.29) is 5.91 Å². The minimum absolute atomic E-state index is 0.120. The molecule has 1 N–H and O–H groups in total. The van der Waals surface area contributed by atoms with Crippen LogP contribution in [0.2, 0.25) is 0 Å². The lowest BCUT2D eigenvalue weighted by Gasteiger charge is -2.01. The first-order valence-electron chi connectivity index (χ1n) is 4.21. The second kappa shape index (κ2) is 4.55. The van der Waals surface area contributed by atoms with Crippen LogP contribution in [0.5, 0.6) is 0 Å². The molecule has 0 aliphatic rings. The van der Waals surface area contributed by atoms with Crippen LogP contribution in [-0.2, 0) is 0 Å². The molecule has 0 radical (unpaired) electrons. The van der Waals surface area contributed by atoms with Crippen LogP contribution in [0.3, 0.4) is 0 Å². The lowest BCUT2D eigenvalue weighted by atomic mass is 10.3. The van der Waals surface area contributed by atoms with Crippen molar-refractivity contribution in [3.63, 3.8) is 0 Å². The summed E-state index contributed by atoms with van der Waals surface area (Å²) in [5.74, 6) is -0.120. The van der Waals surface area contributed by atoms with Crippen molar-refractivity contribution in [3.8, 4) is 0 Å². The predicted octanol–water partition coefficient (Wildman–Crippen LogP) is 3.16. The molecule has 5 heteroatoms. The summed E-state index contributed by atoms with van der Waals surface area (Å²) in [6.45, 7) is 0. The Balaban J connectivity index is 2.11. The van der Waals surface area contributed by atoms with E-state index in [0.717, 1.165) is 3.79 Å². The second-order valence-corrected chi connectivity index (χ2v) is 5.13. The zero-order valence-corrected chi connectivity index (χ0v) is 10.0. The summed E-state index contributed by atoms with van der Waals surface area (Å²) in [6, 6.07) is 5.36. The molecule has 76 valence electrons. The van der Waals surface area contributed by atoms with E-state index < -0.39 is 0 Å². The summed E-state index contributed by atoms with van der Waals surface area (Å²) < 4.78 is 0.943. The Morgan fingerprint density at radius 3 is 3.00 bits per heavy atom. The van der Waals surface area contributed by atoms with Crippen LogP contribution < -0.4 is 5.32 Å². The average molecular weight is 283 g/mol. The van der Waals surface area contributed by atoms with Crippen molar-refractivity contribution in [2.75, 3.05) is 5.32 Å². The summed E-state index contributed by atoms with van der Waals surface area (Å²) in [5.41, 5.74) is 1.35. The van der Waals surface area contributed by atoms with Crippen LogP contribution in [0.25, 0.3) is 0 Å².